The SMILES string of the molecule is COc1cc(/C=C2\CC3C4CC=C5C[C@@H](O)CC[C@]5(C)C4CC[C@]3(C)\C2=N\O)cc(OC)c1OC. The van der Waals surface area contributed by atoms with E-state index in [4.69, 9.17) is 14.2 Å². The van der Waals surface area contributed by atoms with Crippen LogP contribution in [0.15, 0.2) is 34.5 Å². The number of hydrogen-bond acceptors (Lipinski definition) is 6. The molecule has 0 aliphatic heterocycles. The predicted molar refractivity (Wildman–Crippen MR) is 136 cm³/mol. The van der Waals surface area contributed by atoms with Crippen molar-refractivity contribution in [1.29, 1.82) is 0 Å². The molecule has 0 saturated heterocycles. The number of aliphatic hydroxyl groups is 1. The zero-order valence-corrected chi connectivity index (χ0v) is 21.6. The Hall–Kier alpha value is -2.47. The molecule has 3 fully saturated rings. The highest BCUT2D eigenvalue weighted by Gasteiger charge is 2.59. The first-order valence-electron chi connectivity index (χ1n) is 12.9. The molecule has 35 heavy (non-hydrogen) atoms. The molecular formula is C29H39NO5. The first-order valence-corrected chi connectivity index (χ1v) is 12.9. The van der Waals surface area contributed by atoms with E-state index in [0.29, 0.717) is 35.0 Å². The van der Waals surface area contributed by atoms with Crippen LogP contribution in [0.1, 0.15) is 64.4 Å². The summed E-state index contributed by atoms with van der Waals surface area (Å²) < 4.78 is 16.6. The van der Waals surface area contributed by atoms with Crippen molar-refractivity contribution in [3.63, 3.8) is 0 Å². The normalized spacial score (nSPS) is 38.4. The quantitative estimate of drug-likeness (QED) is 0.320. The van der Waals surface area contributed by atoms with E-state index in [0.717, 1.165) is 61.8 Å². The van der Waals surface area contributed by atoms with Crippen LogP contribution in [0.2, 0.25) is 0 Å². The van der Waals surface area contributed by atoms with Gasteiger partial charge >= 0.3 is 0 Å². The van der Waals surface area contributed by atoms with Crippen molar-refractivity contribution in [2.75, 3.05) is 21.3 Å². The molecule has 4 aliphatic carbocycles. The van der Waals surface area contributed by atoms with Gasteiger partial charge in [0.25, 0.3) is 0 Å². The fraction of sp³-hybridized carbons (Fsp3) is 0.621. The van der Waals surface area contributed by atoms with Gasteiger partial charge in [0.15, 0.2) is 11.5 Å². The average molecular weight is 482 g/mol. The highest BCUT2D eigenvalue weighted by Crippen LogP contribution is 2.65. The topological polar surface area (TPSA) is 80.5 Å². The maximum absolute atomic E-state index is 10.3. The van der Waals surface area contributed by atoms with Gasteiger partial charge in [-0.3, -0.25) is 0 Å². The smallest absolute Gasteiger partial charge is 0.203 e. The number of ether oxygens (including phenoxy) is 3. The summed E-state index contributed by atoms with van der Waals surface area (Å²) in [5.74, 6) is 3.40. The van der Waals surface area contributed by atoms with Crippen LogP contribution < -0.4 is 14.2 Å². The number of fused-ring (bicyclic) bond motifs is 5. The van der Waals surface area contributed by atoms with E-state index < -0.39 is 0 Å². The largest absolute Gasteiger partial charge is 0.493 e. The van der Waals surface area contributed by atoms with Crippen molar-refractivity contribution in [3.8, 4) is 17.2 Å². The van der Waals surface area contributed by atoms with Crippen LogP contribution in [0.4, 0.5) is 0 Å². The van der Waals surface area contributed by atoms with Crippen molar-refractivity contribution in [2.24, 2.45) is 33.7 Å². The molecule has 0 aromatic heterocycles. The molecule has 0 amide bonds. The van der Waals surface area contributed by atoms with Gasteiger partial charge in [-0.25, -0.2) is 0 Å². The monoisotopic (exact) mass is 481 g/mol. The van der Waals surface area contributed by atoms with E-state index in [2.05, 4.69) is 31.2 Å². The Morgan fingerprint density at radius 3 is 2.26 bits per heavy atom. The predicted octanol–water partition coefficient (Wildman–Crippen LogP) is 5.86. The first kappa shape index (κ1) is 24.2. The van der Waals surface area contributed by atoms with Gasteiger partial charge in [-0.2, -0.15) is 0 Å². The Morgan fingerprint density at radius 1 is 0.943 bits per heavy atom. The molecule has 6 heteroatoms. The number of hydrogen-bond donors (Lipinski definition) is 2. The zero-order valence-electron chi connectivity index (χ0n) is 21.6. The first-order chi connectivity index (χ1) is 16.8. The highest BCUT2D eigenvalue weighted by molar-refractivity contribution is 6.09. The minimum Gasteiger partial charge on any atom is -0.493 e. The van der Waals surface area contributed by atoms with Gasteiger partial charge in [0.1, 0.15) is 0 Å². The number of methoxy groups -OCH3 is 3. The van der Waals surface area contributed by atoms with Crippen molar-refractivity contribution in [2.45, 2.75) is 64.9 Å². The number of rotatable bonds is 4. The third-order valence-corrected chi connectivity index (χ3v) is 9.88. The second kappa shape index (κ2) is 8.88. The number of allylic oxidation sites excluding steroid dienone is 2. The van der Waals surface area contributed by atoms with Crippen LogP contribution >= 0.6 is 0 Å². The Balaban J connectivity index is 1.51. The van der Waals surface area contributed by atoms with Crippen LogP contribution in [0.5, 0.6) is 17.2 Å². The summed E-state index contributed by atoms with van der Waals surface area (Å²) in [5.41, 5.74) is 4.38. The van der Waals surface area contributed by atoms with Crippen molar-refractivity contribution in [3.05, 3.63) is 34.9 Å². The molecular weight excluding hydrogens is 442 g/mol. The number of aliphatic hydroxyl groups excluding tert-OH is 1. The average Bonchev–Trinajstić information content (AvgIpc) is 3.14. The molecule has 0 spiro atoms. The van der Waals surface area contributed by atoms with Gasteiger partial charge in [-0.05, 0) is 97.5 Å². The third kappa shape index (κ3) is 3.67. The molecule has 3 saturated carbocycles. The minimum atomic E-state index is -0.188. The van der Waals surface area contributed by atoms with Gasteiger partial charge in [0.2, 0.25) is 5.75 Å². The summed E-state index contributed by atoms with van der Waals surface area (Å²) in [6.45, 7) is 4.73. The lowest BCUT2D eigenvalue weighted by Gasteiger charge is -2.56. The summed E-state index contributed by atoms with van der Waals surface area (Å²) in [4.78, 5) is 0. The lowest BCUT2D eigenvalue weighted by atomic mass is 9.48. The number of benzene rings is 1. The molecule has 6 atom stereocenters. The van der Waals surface area contributed by atoms with Crippen LogP contribution in [-0.2, 0) is 0 Å². The van der Waals surface area contributed by atoms with Crippen molar-refractivity contribution in [1.82, 2.24) is 0 Å². The maximum atomic E-state index is 10.3. The van der Waals surface area contributed by atoms with Crippen LogP contribution in [0.25, 0.3) is 6.08 Å². The van der Waals surface area contributed by atoms with E-state index in [1.165, 1.54) is 5.57 Å². The van der Waals surface area contributed by atoms with Crippen LogP contribution in [-0.4, -0.2) is 43.5 Å². The van der Waals surface area contributed by atoms with Gasteiger partial charge in [-0.1, -0.05) is 30.7 Å². The van der Waals surface area contributed by atoms with E-state index >= 15 is 0 Å². The maximum Gasteiger partial charge on any atom is 0.203 e. The summed E-state index contributed by atoms with van der Waals surface area (Å²) in [6, 6.07) is 3.89. The van der Waals surface area contributed by atoms with E-state index in [1.54, 1.807) is 21.3 Å². The Kier molecular flexibility index (Phi) is 6.15. The highest BCUT2D eigenvalue weighted by atomic mass is 16.5. The molecule has 6 nitrogen and oxygen atoms in total. The van der Waals surface area contributed by atoms with Gasteiger partial charge in [-0.15, -0.1) is 0 Å². The van der Waals surface area contributed by atoms with E-state index in [1.807, 2.05) is 12.1 Å². The molecule has 4 aliphatic rings. The Morgan fingerprint density at radius 2 is 1.63 bits per heavy atom. The Labute approximate surface area is 208 Å². The lowest BCUT2D eigenvalue weighted by Crippen LogP contribution is -2.50. The molecule has 3 unspecified atom stereocenters. The van der Waals surface area contributed by atoms with Crippen molar-refractivity contribution < 1.29 is 24.5 Å². The molecule has 1 aromatic rings. The lowest BCUT2D eigenvalue weighted by molar-refractivity contribution is -0.0206. The van der Waals surface area contributed by atoms with E-state index in [9.17, 15) is 10.3 Å². The summed E-state index contributed by atoms with van der Waals surface area (Å²) >= 11 is 0. The molecule has 0 heterocycles. The molecule has 0 bridgehead atoms. The minimum absolute atomic E-state index is 0.141. The third-order valence-electron chi connectivity index (χ3n) is 9.88. The van der Waals surface area contributed by atoms with Gasteiger partial charge < -0.3 is 24.5 Å². The number of nitrogens with zero attached hydrogens (tertiary/aromatic N) is 1. The summed E-state index contributed by atoms with van der Waals surface area (Å²) in [5, 5.41) is 24.4. The second-order valence-corrected chi connectivity index (χ2v) is 11.4. The van der Waals surface area contributed by atoms with Crippen LogP contribution in [0.3, 0.4) is 0 Å². The second-order valence-electron chi connectivity index (χ2n) is 11.4. The standard InChI is InChI=1S/C29H39NO5/c1-28-10-8-20(31)16-19(28)6-7-21-22(28)9-11-29(2)23(21)15-18(27(29)30-32)12-17-13-24(33-3)26(35-5)25(14-17)34-4/h6,12-14,20-23,31-32H,7-11,15-16H2,1-5H3/b18-12+,30-27+/t20-,21?,22?,23?,28-,29-/m0/s1. The van der Waals surface area contributed by atoms with Gasteiger partial charge in [0, 0.05) is 5.41 Å². The van der Waals surface area contributed by atoms with Crippen LogP contribution in [0, 0.1) is 28.6 Å². The Bertz CT molecular complexity index is 1070. The fourth-order valence-corrected chi connectivity index (χ4v) is 8.02. The zero-order chi connectivity index (χ0) is 25.0. The summed E-state index contributed by atoms with van der Waals surface area (Å²) in [6.07, 6.45) is 11.3. The molecule has 1 aromatic carbocycles. The molecule has 190 valence electrons. The molecule has 5 rings (SSSR count). The fourth-order valence-electron chi connectivity index (χ4n) is 8.02. The summed E-state index contributed by atoms with van der Waals surface area (Å²) in [7, 11) is 4.84. The number of oxime groups is 1. The van der Waals surface area contributed by atoms with Crippen molar-refractivity contribution >= 4 is 11.8 Å². The van der Waals surface area contributed by atoms with E-state index in [-0.39, 0.29) is 16.9 Å². The molecule has 0 radical (unpaired) electrons. The van der Waals surface area contributed by atoms with Gasteiger partial charge in [0.05, 0.1) is 33.1 Å². The molecule has 2 N–H and O–H groups in total.